The van der Waals surface area contributed by atoms with Crippen molar-refractivity contribution in [3.63, 3.8) is 0 Å². The molecule has 1 aromatic carbocycles. The summed E-state index contributed by atoms with van der Waals surface area (Å²) in [5.74, 6) is 0. The lowest BCUT2D eigenvalue weighted by Gasteiger charge is -2.36. The molecule has 126 valence electrons. The zero-order valence-electron chi connectivity index (χ0n) is 14.1. The van der Waals surface area contributed by atoms with E-state index in [1.54, 1.807) is 6.20 Å². The lowest BCUT2D eigenvalue weighted by Crippen LogP contribution is -2.51. The van der Waals surface area contributed by atoms with Gasteiger partial charge in [0.15, 0.2) is 0 Å². The fourth-order valence-corrected chi connectivity index (χ4v) is 2.89. The molecule has 2 heterocycles. The van der Waals surface area contributed by atoms with Gasteiger partial charge in [0.05, 0.1) is 12.2 Å². The van der Waals surface area contributed by atoms with E-state index in [9.17, 15) is 4.79 Å². The summed E-state index contributed by atoms with van der Waals surface area (Å²) < 4.78 is 0. The molecule has 2 aromatic rings. The van der Waals surface area contributed by atoms with Gasteiger partial charge in [-0.25, -0.2) is 4.79 Å². The van der Waals surface area contributed by atoms with Crippen LogP contribution in [0.5, 0.6) is 0 Å². The average molecular weight is 324 g/mol. The molecule has 1 aromatic heterocycles. The predicted molar refractivity (Wildman–Crippen MR) is 96.1 cm³/mol. The Bertz CT molecular complexity index is 649. The molecule has 1 fully saturated rings. The molecule has 1 N–H and O–H groups in total. The van der Waals surface area contributed by atoms with Crippen LogP contribution >= 0.6 is 0 Å². The molecule has 0 spiro atoms. The fourth-order valence-electron chi connectivity index (χ4n) is 2.89. The highest BCUT2D eigenvalue weighted by Gasteiger charge is 2.21. The Labute approximate surface area is 143 Å². The lowest BCUT2D eigenvalue weighted by molar-refractivity contribution is 0.194. The number of rotatable bonds is 4. The highest BCUT2D eigenvalue weighted by molar-refractivity contribution is 5.74. The minimum Gasteiger partial charge on any atom is -0.368 e. The molecule has 1 saturated heterocycles. The number of carbonyl (C=O) groups is 1. The van der Waals surface area contributed by atoms with E-state index in [2.05, 4.69) is 46.4 Å². The minimum atomic E-state index is -0.0124. The highest BCUT2D eigenvalue weighted by Crippen LogP contribution is 2.17. The topological polar surface area (TPSA) is 48.5 Å². The minimum absolute atomic E-state index is 0.0124. The van der Waals surface area contributed by atoms with Crippen molar-refractivity contribution >= 4 is 11.7 Å². The van der Waals surface area contributed by atoms with Gasteiger partial charge >= 0.3 is 6.03 Å². The van der Waals surface area contributed by atoms with Gasteiger partial charge in [-0.15, -0.1) is 0 Å². The first-order valence-corrected chi connectivity index (χ1v) is 8.53. The Kier molecular flexibility index (Phi) is 5.31. The number of hydrogen-bond donors (Lipinski definition) is 1. The maximum absolute atomic E-state index is 12.3. The zero-order chi connectivity index (χ0) is 16.8. The molecular formula is C19H24N4O. The number of urea groups is 1. The number of aryl methyl sites for hydroxylation is 1. The Hall–Kier alpha value is -2.56. The molecule has 5 heteroatoms. The van der Waals surface area contributed by atoms with Gasteiger partial charge in [0.2, 0.25) is 0 Å². The van der Waals surface area contributed by atoms with Crippen LogP contribution in [0, 0.1) is 0 Å². The van der Waals surface area contributed by atoms with Crippen LogP contribution in [0.2, 0.25) is 0 Å². The Morgan fingerprint density at radius 2 is 1.83 bits per heavy atom. The number of nitrogens with zero attached hydrogens (tertiary/aromatic N) is 3. The lowest BCUT2D eigenvalue weighted by atomic mass is 10.1. The van der Waals surface area contributed by atoms with Crippen LogP contribution in [0.4, 0.5) is 10.5 Å². The summed E-state index contributed by atoms with van der Waals surface area (Å²) in [5.41, 5.74) is 3.47. The van der Waals surface area contributed by atoms with Crippen molar-refractivity contribution in [1.82, 2.24) is 15.2 Å². The number of hydrogen-bond acceptors (Lipinski definition) is 3. The molecule has 0 radical (unpaired) electrons. The van der Waals surface area contributed by atoms with Crippen LogP contribution < -0.4 is 10.2 Å². The van der Waals surface area contributed by atoms with Gasteiger partial charge in [0.1, 0.15) is 0 Å². The third-order valence-corrected chi connectivity index (χ3v) is 4.42. The van der Waals surface area contributed by atoms with Crippen LogP contribution in [0.1, 0.15) is 18.2 Å². The summed E-state index contributed by atoms with van der Waals surface area (Å²) in [6.45, 7) is 5.84. The highest BCUT2D eigenvalue weighted by atomic mass is 16.2. The van der Waals surface area contributed by atoms with Crippen molar-refractivity contribution in [2.75, 3.05) is 31.1 Å². The normalized spacial score (nSPS) is 14.5. The predicted octanol–water partition coefficient (Wildman–Crippen LogP) is 2.68. The van der Waals surface area contributed by atoms with E-state index < -0.39 is 0 Å². The van der Waals surface area contributed by atoms with Gasteiger partial charge in [0, 0.05) is 38.1 Å². The van der Waals surface area contributed by atoms with Crippen molar-refractivity contribution in [2.24, 2.45) is 0 Å². The first-order chi connectivity index (χ1) is 11.8. The number of benzene rings is 1. The standard InChI is InChI=1S/C19H24N4O/c1-2-16-6-8-18(9-7-16)22-11-13-23(14-12-22)19(24)21-15-17-5-3-4-10-20-17/h3-10H,2,11-15H2,1H3,(H,21,24). The molecule has 1 aliphatic rings. The molecule has 24 heavy (non-hydrogen) atoms. The molecule has 0 bridgehead atoms. The summed E-state index contributed by atoms with van der Waals surface area (Å²) in [4.78, 5) is 20.7. The third kappa shape index (κ3) is 4.04. The number of piperazine rings is 1. The summed E-state index contributed by atoms with van der Waals surface area (Å²) in [6.07, 6.45) is 2.80. The van der Waals surface area contributed by atoms with Crippen molar-refractivity contribution in [3.8, 4) is 0 Å². The van der Waals surface area contributed by atoms with Gasteiger partial charge in [-0.2, -0.15) is 0 Å². The number of anilines is 1. The van der Waals surface area contributed by atoms with E-state index >= 15 is 0 Å². The summed E-state index contributed by atoms with van der Waals surface area (Å²) in [7, 11) is 0. The third-order valence-electron chi connectivity index (χ3n) is 4.42. The first kappa shape index (κ1) is 16.3. The van der Waals surface area contributed by atoms with E-state index in [0.717, 1.165) is 38.3 Å². The van der Waals surface area contributed by atoms with Crippen LogP contribution in [0.25, 0.3) is 0 Å². The SMILES string of the molecule is CCc1ccc(N2CCN(C(=O)NCc3ccccn3)CC2)cc1. The quantitative estimate of drug-likeness (QED) is 0.941. The zero-order valence-corrected chi connectivity index (χ0v) is 14.1. The molecule has 0 saturated carbocycles. The number of aromatic nitrogens is 1. The van der Waals surface area contributed by atoms with E-state index in [1.807, 2.05) is 23.1 Å². The smallest absolute Gasteiger partial charge is 0.317 e. The summed E-state index contributed by atoms with van der Waals surface area (Å²) in [5, 5.41) is 2.94. The van der Waals surface area contributed by atoms with Crippen LogP contribution in [-0.2, 0) is 13.0 Å². The second kappa shape index (κ2) is 7.81. The maximum Gasteiger partial charge on any atom is 0.317 e. The van der Waals surface area contributed by atoms with E-state index in [-0.39, 0.29) is 6.03 Å². The van der Waals surface area contributed by atoms with Crippen molar-refractivity contribution < 1.29 is 4.79 Å². The van der Waals surface area contributed by atoms with Crippen LogP contribution in [-0.4, -0.2) is 42.1 Å². The monoisotopic (exact) mass is 324 g/mol. The Morgan fingerprint density at radius 1 is 1.08 bits per heavy atom. The summed E-state index contributed by atoms with van der Waals surface area (Å²) >= 11 is 0. The van der Waals surface area contributed by atoms with Crippen molar-refractivity contribution in [2.45, 2.75) is 19.9 Å². The summed E-state index contributed by atoms with van der Waals surface area (Å²) in [6, 6.07) is 14.4. The molecular weight excluding hydrogens is 300 g/mol. The van der Waals surface area contributed by atoms with Gasteiger partial charge in [0.25, 0.3) is 0 Å². The number of nitrogens with one attached hydrogen (secondary N) is 1. The number of pyridine rings is 1. The molecule has 0 unspecified atom stereocenters. The fraction of sp³-hybridized carbons (Fsp3) is 0.368. The molecule has 0 aliphatic carbocycles. The Balaban J connectivity index is 1.48. The van der Waals surface area contributed by atoms with Gasteiger partial charge in [-0.05, 0) is 36.2 Å². The van der Waals surface area contributed by atoms with Crippen molar-refractivity contribution in [1.29, 1.82) is 0 Å². The molecule has 5 nitrogen and oxygen atoms in total. The van der Waals surface area contributed by atoms with E-state index in [4.69, 9.17) is 0 Å². The number of amides is 2. The van der Waals surface area contributed by atoms with Gasteiger partial charge < -0.3 is 15.1 Å². The molecule has 3 rings (SSSR count). The molecule has 2 amide bonds. The second-order valence-electron chi connectivity index (χ2n) is 5.97. The van der Waals surface area contributed by atoms with Crippen LogP contribution in [0.3, 0.4) is 0 Å². The van der Waals surface area contributed by atoms with Gasteiger partial charge in [-0.3, -0.25) is 4.98 Å². The largest absolute Gasteiger partial charge is 0.368 e. The molecule has 1 aliphatic heterocycles. The van der Waals surface area contributed by atoms with E-state index in [1.165, 1.54) is 11.3 Å². The first-order valence-electron chi connectivity index (χ1n) is 8.53. The molecule has 0 atom stereocenters. The Morgan fingerprint density at radius 3 is 2.46 bits per heavy atom. The van der Waals surface area contributed by atoms with Crippen molar-refractivity contribution in [3.05, 3.63) is 59.9 Å². The second-order valence-corrected chi connectivity index (χ2v) is 5.97. The number of carbonyl (C=O) groups excluding carboxylic acids is 1. The average Bonchev–Trinajstić information content (AvgIpc) is 2.67. The van der Waals surface area contributed by atoms with Crippen LogP contribution in [0.15, 0.2) is 48.7 Å². The maximum atomic E-state index is 12.3. The van der Waals surface area contributed by atoms with E-state index in [0.29, 0.717) is 6.54 Å². The van der Waals surface area contributed by atoms with Gasteiger partial charge in [-0.1, -0.05) is 25.1 Å².